The SMILES string of the molecule is Cc1nn(C)c(C)c1/C=C/C(=O)OCc1nc2ccccc2c(C)c1Cl. The molecule has 2 aromatic heterocycles. The minimum atomic E-state index is -0.448. The van der Waals surface area contributed by atoms with E-state index in [0.717, 1.165) is 33.4 Å². The Hall–Kier alpha value is -2.66. The van der Waals surface area contributed by atoms with Crippen molar-refractivity contribution in [1.29, 1.82) is 0 Å². The van der Waals surface area contributed by atoms with Crippen LogP contribution in [0.3, 0.4) is 0 Å². The first-order chi connectivity index (χ1) is 12.4. The first kappa shape index (κ1) is 18.1. The van der Waals surface area contributed by atoms with E-state index in [-0.39, 0.29) is 6.61 Å². The Bertz CT molecular complexity index is 1020. The predicted octanol–water partition coefficient (Wildman–Crippen LogP) is 4.30. The second-order valence-electron chi connectivity index (χ2n) is 6.16. The van der Waals surface area contributed by atoms with Gasteiger partial charge in [-0.3, -0.25) is 4.68 Å². The lowest BCUT2D eigenvalue weighted by Gasteiger charge is -2.10. The normalized spacial score (nSPS) is 11.4. The van der Waals surface area contributed by atoms with Gasteiger partial charge in [0.1, 0.15) is 6.61 Å². The summed E-state index contributed by atoms with van der Waals surface area (Å²) in [7, 11) is 1.87. The van der Waals surface area contributed by atoms with E-state index >= 15 is 0 Å². The van der Waals surface area contributed by atoms with Gasteiger partial charge in [0.25, 0.3) is 0 Å². The monoisotopic (exact) mass is 369 g/mol. The molecule has 6 heteroatoms. The molecule has 0 amide bonds. The number of carbonyl (C=O) groups is 1. The molecule has 0 aliphatic rings. The maximum absolute atomic E-state index is 12.1. The molecule has 3 rings (SSSR count). The molecule has 0 fully saturated rings. The molecule has 0 saturated carbocycles. The van der Waals surface area contributed by atoms with Gasteiger partial charge in [0.15, 0.2) is 0 Å². The lowest BCUT2D eigenvalue weighted by molar-refractivity contribution is -0.139. The summed E-state index contributed by atoms with van der Waals surface area (Å²) < 4.78 is 7.10. The number of carbonyl (C=O) groups excluding carboxylic acids is 1. The second-order valence-corrected chi connectivity index (χ2v) is 6.54. The van der Waals surface area contributed by atoms with Gasteiger partial charge in [-0.05, 0) is 38.5 Å². The van der Waals surface area contributed by atoms with Crippen LogP contribution in [0, 0.1) is 20.8 Å². The Morgan fingerprint density at radius 2 is 2.00 bits per heavy atom. The van der Waals surface area contributed by atoms with Crippen LogP contribution in [0.2, 0.25) is 5.02 Å². The number of hydrogen-bond donors (Lipinski definition) is 0. The standard InChI is InChI=1S/C20H20ClN3O2/c1-12-15-7-5-6-8-17(15)22-18(20(12)21)11-26-19(25)10-9-16-13(2)23-24(4)14(16)3/h5-10H,11H2,1-4H3/b10-9+. The van der Waals surface area contributed by atoms with Crippen LogP contribution >= 0.6 is 11.6 Å². The predicted molar refractivity (Wildman–Crippen MR) is 103 cm³/mol. The molecule has 134 valence electrons. The molecular weight excluding hydrogens is 350 g/mol. The minimum Gasteiger partial charge on any atom is -0.456 e. The molecule has 2 heterocycles. The summed E-state index contributed by atoms with van der Waals surface area (Å²) in [4.78, 5) is 16.6. The summed E-state index contributed by atoms with van der Waals surface area (Å²) in [5, 5.41) is 5.84. The molecule has 0 saturated heterocycles. The number of rotatable bonds is 4. The van der Waals surface area contributed by atoms with Crippen molar-refractivity contribution in [3.05, 3.63) is 63.6 Å². The number of halogens is 1. The van der Waals surface area contributed by atoms with Gasteiger partial charge in [-0.15, -0.1) is 0 Å². The van der Waals surface area contributed by atoms with Crippen molar-refractivity contribution in [2.75, 3.05) is 0 Å². The van der Waals surface area contributed by atoms with E-state index in [0.29, 0.717) is 10.7 Å². The minimum absolute atomic E-state index is 0.0265. The Morgan fingerprint density at radius 1 is 1.27 bits per heavy atom. The van der Waals surface area contributed by atoms with Crippen LogP contribution in [-0.2, 0) is 23.2 Å². The van der Waals surface area contributed by atoms with Gasteiger partial charge in [0.05, 0.1) is 21.9 Å². The number of para-hydroxylation sites is 1. The van der Waals surface area contributed by atoms with Gasteiger partial charge in [-0.25, -0.2) is 9.78 Å². The molecule has 1 aromatic carbocycles. The Kier molecular flexibility index (Phi) is 5.09. The summed E-state index contributed by atoms with van der Waals surface area (Å²) in [6.07, 6.45) is 3.12. The average molecular weight is 370 g/mol. The molecule has 0 spiro atoms. The number of nitrogens with zero attached hydrogens (tertiary/aromatic N) is 3. The first-order valence-electron chi connectivity index (χ1n) is 8.27. The highest BCUT2D eigenvalue weighted by Gasteiger charge is 2.12. The van der Waals surface area contributed by atoms with Crippen molar-refractivity contribution < 1.29 is 9.53 Å². The fourth-order valence-corrected chi connectivity index (χ4v) is 3.08. The first-order valence-corrected chi connectivity index (χ1v) is 8.65. The second kappa shape index (κ2) is 7.30. The highest BCUT2D eigenvalue weighted by Crippen LogP contribution is 2.27. The fraction of sp³-hybridized carbons (Fsp3) is 0.250. The number of ether oxygens (including phenoxy) is 1. The van der Waals surface area contributed by atoms with Gasteiger partial charge in [0.2, 0.25) is 0 Å². The quantitative estimate of drug-likeness (QED) is 0.508. The van der Waals surface area contributed by atoms with E-state index in [2.05, 4.69) is 10.1 Å². The third-order valence-corrected chi connectivity index (χ3v) is 4.95. The maximum Gasteiger partial charge on any atom is 0.331 e. The molecule has 0 aliphatic carbocycles. The molecule has 0 atom stereocenters. The van der Waals surface area contributed by atoms with Crippen molar-refractivity contribution in [1.82, 2.24) is 14.8 Å². The van der Waals surface area contributed by atoms with Crippen LogP contribution in [0.5, 0.6) is 0 Å². The maximum atomic E-state index is 12.1. The van der Waals surface area contributed by atoms with Crippen molar-refractivity contribution in [3.8, 4) is 0 Å². The van der Waals surface area contributed by atoms with Crippen LogP contribution < -0.4 is 0 Å². The lowest BCUT2D eigenvalue weighted by atomic mass is 10.1. The summed E-state index contributed by atoms with van der Waals surface area (Å²) in [5.41, 5.74) is 5.09. The van der Waals surface area contributed by atoms with Crippen LogP contribution in [0.4, 0.5) is 0 Å². The van der Waals surface area contributed by atoms with Crippen LogP contribution in [-0.4, -0.2) is 20.7 Å². The zero-order chi connectivity index (χ0) is 18.8. The van der Waals surface area contributed by atoms with Crippen LogP contribution in [0.1, 0.15) is 28.2 Å². The van der Waals surface area contributed by atoms with Gasteiger partial charge >= 0.3 is 5.97 Å². The zero-order valence-electron chi connectivity index (χ0n) is 15.2. The lowest BCUT2D eigenvalue weighted by Crippen LogP contribution is -2.04. The van der Waals surface area contributed by atoms with Gasteiger partial charge in [-0.2, -0.15) is 5.10 Å². The topological polar surface area (TPSA) is 57.0 Å². The molecule has 0 bridgehead atoms. The van der Waals surface area contributed by atoms with E-state index in [9.17, 15) is 4.79 Å². The summed E-state index contributed by atoms with van der Waals surface area (Å²) in [5.74, 6) is -0.448. The van der Waals surface area contributed by atoms with E-state index in [1.807, 2.05) is 52.1 Å². The molecular formula is C20H20ClN3O2. The smallest absolute Gasteiger partial charge is 0.331 e. The molecule has 3 aromatic rings. The summed E-state index contributed by atoms with van der Waals surface area (Å²) >= 11 is 6.39. The number of pyridine rings is 1. The summed E-state index contributed by atoms with van der Waals surface area (Å²) in [6, 6.07) is 7.75. The molecule has 0 unspecified atom stereocenters. The number of aromatic nitrogens is 3. The molecule has 26 heavy (non-hydrogen) atoms. The number of hydrogen-bond acceptors (Lipinski definition) is 4. The summed E-state index contributed by atoms with van der Waals surface area (Å²) in [6.45, 7) is 5.82. The van der Waals surface area contributed by atoms with E-state index in [1.54, 1.807) is 10.8 Å². The van der Waals surface area contributed by atoms with Crippen LogP contribution in [0.15, 0.2) is 30.3 Å². The third-order valence-electron chi connectivity index (χ3n) is 4.45. The highest BCUT2D eigenvalue weighted by molar-refractivity contribution is 6.32. The van der Waals surface area contributed by atoms with Crippen molar-refractivity contribution in [3.63, 3.8) is 0 Å². The average Bonchev–Trinajstić information content (AvgIpc) is 2.87. The van der Waals surface area contributed by atoms with E-state index < -0.39 is 5.97 Å². The van der Waals surface area contributed by atoms with E-state index in [1.165, 1.54) is 6.08 Å². The van der Waals surface area contributed by atoms with E-state index in [4.69, 9.17) is 16.3 Å². The molecule has 0 aliphatic heterocycles. The molecule has 0 radical (unpaired) electrons. The zero-order valence-corrected chi connectivity index (χ0v) is 16.0. The van der Waals surface area contributed by atoms with Gasteiger partial charge in [-0.1, -0.05) is 29.8 Å². The third kappa shape index (κ3) is 3.48. The van der Waals surface area contributed by atoms with Gasteiger partial charge < -0.3 is 4.74 Å². The number of esters is 1. The van der Waals surface area contributed by atoms with Crippen LogP contribution in [0.25, 0.3) is 17.0 Å². The number of benzene rings is 1. The Labute approximate surface area is 157 Å². The Balaban J connectivity index is 1.75. The van der Waals surface area contributed by atoms with Crippen molar-refractivity contribution >= 4 is 34.5 Å². The number of fused-ring (bicyclic) bond motifs is 1. The Morgan fingerprint density at radius 3 is 2.69 bits per heavy atom. The number of aryl methyl sites for hydroxylation is 3. The van der Waals surface area contributed by atoms with Crippen molar-refractivity contribution in [2.24, 2.45) is 7.05 Å². The van der Waals surface area contributed by atoms with Gasteiger partial charge in [0, 0.05) is 29.8 Å². The molecule has 0 N–H and O–H groups in total. The van der Waals surface area contributed by atoms with Crippen molar-refractivity contribution in [2.45, 2.75) is 27.4 Å². The largest absolute Gasteiger partial charge is 0.456 e. The molecule has 5 nitrogen and oxygen atoms in total. The highest BCUT2D eigenvalue weighted by atomic mass is 35.5. The fourth-order valence-electron chi connectivity index (χ4n) is 2.88.